The van der Waals surface area contributed by atoms with Crippen LogP contribution in [0.4, 0.5) is 17.6 Å². The molecule has 0 radical (unpaired) electrons. The average Bonchev–Trinajstić information content (AvgIpc) is 2.46. The molecule has 0 bridgehead atoms. The first-order valence-electron chi connectivity index (χ1n) is 6.10. The number of carbonyl (C=O) groups is 2. The molecule has 1 rings (SSSR count). The van der Waals surface area contributed by atoms with Gasteiger partial charge >= 0.3 is 24.3 Å². The second-order valence-electron chi connectivity index (χ2n) is 4.33. The maximum absolute atomic E-state index is 12.5. The smallest absolute Gasteiger partial charge is 0.340 e. The van der Waals surface area contributed by atoms with E-state index in [1.54, 1.807) is 6.92 Å². The van der Waals surface area contributed by atoms with E-state index in [0.29, 0.717) is 22.7 Å². The molecule has 0 unspecified atom stereocenters. The number of hydrogen-bond acceptors (Lipinski definition) is 4. The van der Waals surface area contributed by atoms with E-state index in [4.69, 9.17) is 16.3 Å². The average molecular weight is 355 g/mol. The molecule has 4 nitrogen and oxygen atoms in total. The van der Waals surface area contributed by atoms with Crippen LogP contribution in [-0.2, 0) is 14.3 Å². The Morgan fingerprint density at radius 1 is 1.26 bits per heavy atom. The quantitative estimate of drug-likeness (QED) is 0.339. The van der Waals surface area contributed by atoms with Crippen LogP contribution in [0.5, 0.6) is 5.75 Å². The van der Waals surface area contributed by atoms with Crippen LogP contribution in [0.2, 0.25) is 5.02 Å². The lowest BCUT2D eigenvalue weighted by Gasteiger charge is -2.13. The van der Waals surface area contributed by atoms with E-state index in [0.717, 1.165) is 0 Å². The van der Waals surface area contributed by atoms with Crippen molar-refractivity contribution in [2.75, 3.05) is 6.61 Å². The van der Waals surface area contributed by atoms with Gasteiger partial charge in [-0.2, -0.15) is 8.78 Å². The predicted octanol–water partition coefficient (Wildman–Crippen LogP) is 3.55. The van der Waals surface area contributed by atoms with Crippen LogP contribution < -0.4 is 4.74 Å². The van der Waals surface area contributed by atoms with Crippen LogP contribution in [-0.4, -0.2) is 30.9 Å². The van der Waals surface area contributed by atoms with Gasteiger partial charge in [0.25, 0.3) is 0 Å². The molecule has 1 aromatic rings. The van der Waals surface area contributed by atoms with E-state index in [1.165, 1.54) is 18.2 Å². The van der Waals surface area contributed by atoms with Crippen molar-refractivity contribution in [3.05, 3.63) is 40.9 Å². The fourth-order valence-corrected chi connectivity index (χ4v) is 1.51. The summed E-state index contributed by atoms with van der Waals surface area (Å²) < 4.78 is 57.5. The van der Waals surface area contributed by atoms with E-state index in [1.807, 2.05) is 0 Å². The molecule has 0 aromatic heterocycles. The molecule has 1 aromatic carbocycles. The molecule has 0 N–H and O–H groups in total. The number of aryl methyl sites for hydroxylation is 1. The van der Waals surface area contributed by atoms with Gasteiger partial charge in [0, 0.05) is 17.2 Å². The maximum Gasteiger partial charge on any atom is 0.340 e. The van der Waals surface area contributed by atoms with Crippen LogP contribution in [0.3, 0.4) is 0 Å². The zero-order valence-electron chi connectivity index (χ0n) is 11.7. The Hall–Kier alpha value is -2.09. The van der Waals surface area contributed by atoms with E-state index in [-0.39, 0.29) is 5.75 Å². The summed E-state index contributed by atoms with van der Waals surface area (Å²) in [5.74, 6) is -6.63. The van der Waals surface area contributed by atoms with Crippen molar-refractivity contribution in [1.29, 1.82) is 0 Å². The number of rotatable bonds is 6. The molecule has 126 valence electrons. The fraction of sp³-hybridized carbons (Fsp3) is 0.286. The zero-order valence-corrected chi connectivity index (χ0v) is 12.4. The Bertz CT molecular complexity index is 617. The monoisotopic (exact) mass is 354 g/mol. The van der Waals surface area contributed by atoms with Gasteiger partial charge in [0.1, 0.15) is 5.75 Å². The van der Waals surface area contributed by atoms with Gasteiger partial charge in [-0.3, -0.25) is 0 Å². The molecule has 0 saturated heterocycles. The Labute approximate surface area is 133 Å². The highest BCUT2D eigenvalue weighted by Crippen LogP contribution is 2.23. The van der Waals surface area contributed by atoms with Gasteiger partial charge in [-0.1, -0.05) is 11.6 Å². The van der Waals surface area contributed by atoms with Crippen molar-refractivity contribution < 1.29 is 36.6 Å². The molecule has 0 atom stereocenters. The van der Waals surface area contributed by atoms with E-state index >= 15 is 0 Å². The molecular weight excluding hydrogens is 344 g/mol. The summed E-state index contributed by atoms with van der Waals surface area (Å²) in [6, 6.07) is 4.43. The molecule has 0 aliphatic rings. The van der Waals surface area contributed by atoms with Crippen molar-refractivity contribution >= 4 is 23.5 Å². The third-order valence-electron chi connectivity index (χ3n) is 2.43. The van der Waals surface area contributed by atoms with Crippen molar-refractivity contribution in [3.63, 3.8) is 0 Å². The molecule has 9 heteroatoms. The largest absolute Gasteiger partial charge is 0.456 e. The van der Waals surface area contributed by atoms with Crippen LogP contribution in [0.25, 0.3) is 0 Å². The highest BCUT2D eigenvalue weighted by Gasteiger charge is 2.42. The zero-order chi connectivity index (χ0) is 17.6. The summed E-state index contributed by atoms with van der Waals surface area (Å²) in [4.78, 5) is 22.5. The first kappa shape index (κ1) is 19.0. The minimum atomic E-state index is -4.45. The first-order chi connectivity index (χ1) is 10.6. The van der Waals surface area contributed by atoms with Crippen molar-refractivity contribution in [3.8, 4) is 5.75 Å². The molecular formula is C14H11ClF4O4. The van der Waals surface area contributed by atoms with Gasteiger partial charge in [-0.15, -0.1) is 0 Å². The van der Waals surface area contributed by atoms with E-state index in [2.05, 4.69) is 4.74 Å². The Morgan fingerprint density at radius 3 is 2.43 bits per heavy atom. The predicted molar refractivity (Wildman–Crippen MR) is 72.9 cm³/mol. The van der Waals surface area contributed by atoms with Crippen LogP contribution in [0.15, 0.2) is 30.4 Å². The molecule has 0 heterocycles. The summed E-state index contributed by atoms with van der Waals surface area (Å²) in [7, 11) is 0. The lowest BCUT2D eigenvalue weighted by molar-refractivity contribution is -0.176. The molecule has 0 aliphatic heterocycles. The third-order valence-corrected chi connectivity index (χ3v) is 2.66. The Kier molecular flexibility index (Phi) is 6.56. The number of ether oxygens (including phenoxy) is 2. The lowest BCUT2D eigenvalue weighted by atomic mass is 10.2. The minimum absolute atomic E-state index is 0.182. The number of esters is 2. The summed E-state index contributed by atoms with van der Waals surface area (Å²) in [6.07, 6.45) is -2.84. The number of carbonyl (C=O) groups excluding carboxylic acids is 2. The maximum atomic E-state index is 12.5. The Morgan fingerprint density at radius 2 is 1.87 bits per heavy atom. The van der Waals surface area contributed by atoms with Gasteiger partial charge in [-0.25, -0.2) is 18.4 Å². The fourth-order valence-electron chi connectivity index (χ4n) is 1.28. The number of benzene rings is 1. The highest BCUT2D eigenvalue weighted by atomic mass is 35.5. The summed E-state index contributed by atoms with van der Waals surface area (Å²) in [5.41, 5.74) is 0.554. The number of halogens is 5. The van der Waals surface area contributed by atoms with Crippen LogP contribution in [0.1, 0.15) is 5.56 Å². The van der Waals surface area contributed by atoms with Gasteiger partial charge in [0.2, 0.25) is 0 Å². The highest BCUT2D eigenvalue weighted by molar-refractivity contribution is 6.30. The number of alkyl halides is 4. The van der Waals surface area contributed by atoms with Crippen molar-refractivity contribution in [1.82, 2.24) is 0 Å². The van der Waals surface area contributed by atoms with E-state index in [9.17, 15) is 27.2 Å². The Balaban J connectivity index is 2.53. The molecule has 0 fully saturated rings. The normalized spacial score (nSPS) is 11.8. The molecule has 0 spiro atoms. The molecule has 23 heavy (non-hydrogen) atoms. The lowest BCUT2D eigenvalue weighted by Crippen LogP contribution is -2.33. The SMILES string of the molecule is Cc1cc(Cl)ccc1OC(=O)/C=C/C(=O)OCC(F)(F)C(F)F. The summed E-state index contributed by atoms with van der Waals surface area (Å²) >= 11 is 5.72. The van der Waals surface area contributed by atoms with E-state index < -0.39 is 30.9 Å². The first-order valence-corrected chi connectivity index (χ1v) is 6.48. The van der Waals surface area contributed by atoms with Gasteiger partial charge < -0.3 is 9.47 Å². The van der Waals surface area contributed by atoms with Crippen LogP contribution >= 0.6 is 11.6 Å². The molecule has 0 aliphatic carbocycles. The van der Waals surface area contributed by atoms with Gasteiger partial charge in [-0.05, 0) is 30.7 Å². The van der Waals surface area contributed by atoms with Crippen molar-refractivity contribution in [2.45, 2.75) is 19.3 Å². The topological polar surface area (TPSA) is 52.6 Å². The third kappa shape index (κ3) is 6.27. The minimum Gasteiger partial charge on any atom is -0.456 e. The number of hydrogen-bond donors (Lipinski definition) is 0. The molecule has 0 amide bonds. The van der Waals surface area contributed by atoms with Crippen LogP contribution in [0, 0.1) is 6.92 Å². The second-order valence-corrected chi connectivity index (χ2v) is 4.77. The summed E-state index contributed by atoms with van der Waals surface area (Å²) in [6.45, 7) is -0.169. The van der Waals surface area contributed by atoms with Crippen molar-refractivity contribution in [2.24, 2.45) is 0 Å². The molecule has 0 saturated carbocycles. The van der Waals surface area contributed by atoms with Gasteiger partial charge in [0.05, 0.1) is 0 Å². The second kappa shape index (κ2) is 7.96. The standard InChI is InChI=1S/C14H11ClF4O4/c1-8-6-9(15)2-3-10(8)23-12(21)5-4-11(20)22-7-14(18,19)13(16)17/h2-6,13H,7H2,1H3/b5-4+. The van der Waals surface area contributed by atoms with Gasteiger partial charge in [0.15, 0.2) is 6.61 Å². The summed E-state index contributed by atoms with van der Waals surface area (Å²) in [5, 5.41) is 0.432.